The van der Waals surface area contributed by atoms with Crippen LogP contribution in [0.25, 0.3) is 5.82 Å². The number of unbranched alkanes of at least 4 members (excludes halogenated alkanes) is 1. The van der Waals surface area contributed by atoms with Gasteiger partial charge in [-0.15, -0.1) is 0 Å². The van der Waals surface area contributed by atoms with Gasteiger partial charge in [-0.2, -0.15) is 4.98 Å². The van der Waals surface area contributed by atoms with Crippen molar-refractivity contribution in [1.82, 2.24) is 24.4 Å². The van der Waals surface area contributed by atoms with E-state index in [2.05, 4.69) is 32.2 Å². The third-order valence-electron chi connectivity index (χ3n) is 3.80. The summed E-state index contributed by atoms with van der Waals surface area (Å²) in [6.07, 6.45) is 12.2. The number of imidazole rings is 1. The third-order valence-corrected chi connectivity index (χ3v) is 3.80. The maximum absolute atomic E-state index is 4.48. The Morgan fingerprint density at radius 1 is 1.33 bits per heavy atom. The van der Waals surface area contributed by atoms with Gasteiger partial charge in [-0.05, 0) is 45.3 Å². The molecule has 2 heterocycles. The smallest absolute Gasteiger partial charge is 0.224 e. The van der Waals surface area contributed by atoms with Gasteiger partial charge in [-0.1, -0.05) is 0 Å². The molecule has 0 saturated heterocycles. The summed E-state index contributed by atoms with van der Waals surface area (Å²) in [5, 5.41) is 3.29. The Hall–Kier alpha value is -1.95. The third kappa shape index (κ3) is 4.01. The molecule has 0 atom stereocenters. The van der Waals surface area contributed by atoms with Gasteiger partial charge in [-0.25, -0.2) is 9.97 Å². The minimum Gasteiger partial charge on any atom is -0.354 e. The maximum Gasteiger partial charge on any atom is 0.224 e. The molecule has 2 aromatic heterocycles. The van der Waals surface area contributed by atoms with Crippen molar-refractivity contribution in [2.45, 2.75) is 31.7 Å². The van der Waals surface area contributed by atoms with Gasteiger partial charge in [0.15, 0.2) is 0 Å². The van der Waals surface area contributed by atoms with Crippen LogP contribution < -0.4 is 5.32 Å². The summed E-state index contributed by atoms with van der Waals surface area (Å²) in [6.45, 7) is 2.09. The van der Waals surface area contributed by atoms with E-state index in [9.17, 15) is 0 Å². The van der Waals surface area contributed by atoms with Crippen molar-refractivity contribution in [3.05, 3.63) is 31.0 Å². The topological polar surface area (TPSA) is 58.9 Å². The van der Waals surface area contributed by atoms with Crippen LogP contribution in [0.15, 0.2) is 31.0 Å². The van der Waals surface area contributed by atoms with Gasteiger partial charge < -0.3 is 10.2 Å². The maximum atomic E-state index is 4.48. The van der Waals surface area contributed by atoms with E-state index in [1.165, 1.54) is 25.8 Å². The molecule has 21 heavy (non-hydrogen) atoms. The lowest BCUT2D eigenvalue weighted by atomic mass is 10.3. The molecule has 1 saturated carbocycles. The van der Waals surface area contributed by atoms with Crippen molar-refractivity contribution < 1.29 is 0 Å². The highest BCUT2D eigenvalue weighted by molar-refractivity contribution is 5.31. The van der Waals surface area contributed by atoms with Crippen LogP contribution in [0.1, 0.15) is 25.7 Å². The fourth-order valence-corrected chi connectivity index (χ4v) is 2.36. The van der Waals surface area contributed by atoms with Crippen molar-refractivity contribution in [2.75, 3.05) is 25.5 Å². The lowest BCUT2D eigenvalue weighted by Gasteiger charge is -2.15. The fourth-order valence-electron chi connectivity index (χ4n) is 2.36. The molecule has 6 heteroatoms. The van der Waals surface area contributed by atoms with E-state index in [1.54, 1.807) is 18.7 Å². The summed E-state index contributed by atoms with van der Waals surface area (Å²) in [7, 11) is 2.22. The van der Waals surface area contributed by atoms with Crippen molar-refractivity contribution in [1.29, 1.82) is 0 Å². The quantitative estimate of drug-likeness (QED) is 0.752. The summed E-state index contributed by atoms with van der Waals surface area (Å²) in [6, 6.07) is 2.73. The van der Waals surface area contributed by atoms with Crippen LogP contribution in [0, 0.1) is 0 Å². The minimum atomic E-state index is 0.678. The molecule has 0 spiro atoms. The highest BCUT2D eigenvalue weighted by Crippen LogP contribution is 2.25. The zero-order chi connectivity index (χ0) is 14.5. The predicted molar refractivity (Wildman–Crippen MR) is 82.5 cm³/mol. The first kappa shape index (κ1) is 14.0. The summed E-state index contributed by atoms with van der Waals surface area (Å²) in [4.78, 5) is 15.2. The first-order chi connectivity index (χ1) is 10.3. The molecule has 1 aliphatic rings. The molecule has 1 fully saturated rings. The average Bonchev–Trinajstić information content (AvgIpc) is 3.22. The Morgan fingerprint density at radius 3 is 3.00 bits per heavy atom. The fraction of sp³-hybridized carbons (Fsp3) is 0.533. The van der Waals surface area contributed by atoms with Gasteiger partial charge in [0.25, 0.3) is 0 Å². The Morgan fingerprint density at radius 2 is 2.24 bits per heavy atom. The molecule has 6 nitrogen and oxygen atoms in total. The molecular weight excluding hydrogens is 264 g/mol. The number of nitrogens with one attached hydrogen (secondary N) is 1. The zero-order valence-corrected chi connectivity index (χ0v) is 12.4. The molecule has 0 bridgehead atoms. The molecule has 1 aliphatic carbocycles. The van der Waals surface area contributed by atoms with Crippen LogP contribution in [0.3, 0.4) is 0 Å². The monoisotopic (exact) mass is 286 g/mol. The van der Waals surface area contributed by atoms with Gasteiger partial charge in [0.05, 0.1) is 0 Å². The lowest BCUT2D eigenvalue weighted by Crippen LogP contribution is -2.22. The first-order valence-electron chi connectivity index (χ1n) is 7.58. The summed E-state index contributed by atoms with van der Waals surface area (Å²) in [5.41, 5.74) is 0. The van der Waals surface area contributed by atoms with E-state index in [-0.39, 0.29) is 0 Å². The second kappa shape index (κ2) is 6.67. The minimum absolute atomic E-state index is 0.678. The molecule has 2 aromatic rings. The Kier molecular flexibility index (Phi) is 4.45. The van der Waals surface area contributed by atoms with Crippen molar-refractivity contribution in [3.63, 3.8) is 0 Å². The summed E-state index contributed by atoms with van der Waals surface area (Å²) < 4.78 is 1.87. The number of aromatic nitrogens is 4. The molecule has 3 rings (SSSR count). The van der Waals surface area contributed by atoms with E-state index in [4.69, 9.17) is 0 Å². The number of nitrogens with zero attached hydrogens (tertiary/aromatic N) is 5. The molecular formula is C15H22N6. The molecule has 1 N–H and O–H groups in total. The van der Waals surface area contributed by atoms with Crippen molar-refractivity contribution in [3.8, 4) is 5.82 Å². The van der Waals surface area contributed by atoms with Crippen molar-refractivity contribution in [2.24, 2.45) is 0 Å². The highest BCUT2D eigenvalue weighted by Gasteiger charge is 2.25. The van der Waals surface area contributed by atoms with Crippen LogP contribution in [-0.2, 0) is 0 Å². The van der Waals surface area contributed by atoms with Gasteiger partial charge in [-0.3, -0.25) is 4.57 Å². The summed E-state index contributed by atoms with van der Waals surface area (Å²) >= 11 is 0. The number of rotatable bonds is 8. The van der Waals surface area contributed by atoms with E-state index < -0.39 is 0 Å². The SMILES string of the molecule is CN(CCCCNc1nccc(-n2ccnc2)n1)C1CC1. The second-order valence-corrected chi connectivity index (χ2v) is 5.55. The standard InChI is InChI=1S/C15H22N6/c1-20(13-4-5-13)10-3-2-7-17-15-18-8-6-14(19-15)21-11-9-16-12-21/h6,8-9,11-13H,2-5,7,10H2,1H3,(H,17,18,19). The summed E-state index contributed by atoms with van der Waals surface area (Å²) in [5.74, 6) is 1.51. The Labute approximate surface area is 125 Å². The zero-order valence-electron chi connectivity index (χ0n) is 12.4. The lowest BCUT2D eigenvalue weighted by molar-refractivity contribution is 0.317. The van der Waals surface area contributed by atoms with Crippen LogP contribution in [0.4, 0.5) is 5.95 Å². The average molecular weight is 286 g/mol. The predicted octanol–water partition coefficient (Wildman–Crippen LogP) is 1.95. The Balaban J connectivity index is 1.41. The van der Waals surface area contributed by atoms with E-state index in [1.807, 2.05) is 16.8 Å². The van der Waals surface area contributed by atoms with Gasteiger partial charge in [0.2, 0.25) is 5.95 Å². The molecule has 0 radical (unpaired) electrons. The molecule has 0 aliphatic heterocycles. The van der Waals surface area contributed by atoms with Crippen LogP contribution in [0.5, 0.6) is 0 Å². The largest absolute Gasteiger partial charge is 0.354 e. The number of hydrogen-bond donors (Lipinski definition) is 1. The highest BCUT2D eigenvalue weighted by atomic mass is 15.2. The van der Waals surface area contributed by atoms with E-state index in [0.717, 1.165) is 24.8 Å². The van der Waals surface area contributed by atoms with Gasteiger partial charge in [0.1, 0.15) is 12.1 Å². The van der Waals surface area contributed by atoms with Gasteiger partial charge in [0, 0.05) is 31.2 Å². The first-order valence-corrected chi connectivity index (χ1v) is 7.58. The van der Waals surface area contributed by atoms with E-state index in [0.29, 0.717) is 5.95 Å². The van der Waals surface area contributed by atoms with Crippen molar-refractivity contribution >= 4 is 5.95 Å². The number of anilines is 1. The van der Waals surface area contributed by atoms with Crippen LogP contribution in [0.2, 0.25) is 0 Å². The number of hydrogen-bond acceptors (Lipinski definition) is 5. The van der Waals surface area contributed by atoms with E-state index >= 15 is 0 Å². The molecule has 0 amide bonds. The van der Waals surface area contributed by atoms with Crippen LogP contribution >= 0.6 is 0 Å². The molecule has 112 valence electrons. The van der Waals surface area contributed by atoms with Gasteiger partial charge >= 0.3 is 0 Å². The normalized spacial score (nSPS) is 14.6. The van der Waals surface area contributed by atoms with Crippen LogP contribution in [-0.4, -0.2) is 50.6 Å². The molecule has 0 aromatic carbocycles. The second-order valence-electron chi connectivity index (χ2n) is 5.55. The Bertz CT molecular complexity index is 549. The molecule has 0 unspecified atom stereocenters.